The van der Waals surface area contributed by atoms with Crippen molar-refractivity contribution >= 4 is 0 Å². The number of ether oxygens (including phenoxy) is 2. The Morgan fingerprint density at radius 1 is 1.03 bits per heavy atom. The summed E-state index contributed by atoms with van der Waals surface area (Å²) in [5.41, 5.74) is 1.44. The van der Waals surface area contributed by atoms with E-state index in [-0.39, 0.29) is 12.2 Å². The zero-order valence-corrected chi connectivity index (χ0v) is 16.7. The van der Waals surface area contributed by atoms with E-state index < -0.39 is 5.60 Å². The van der Waals surface area contributed by atoms with E-state index in [4.69, 9.17) is 9.47 Å². The summed E-state index contributed by atoms with van der Waals surface area (Å²) >= 11 is 0. The minimum absolute atomic E-state index is 0.218. The van der Waals surface area contributed by atoms with E-state index in [2.05, 4.69) is 4.98 Å². The van der Waals surface area contributed by atoms with Crippen LogP contribution in [0.3, 0.4) is 0 Å². The molecule has 1 saturated heterocycles. The van der Waals surface area contributed by atoms with Crippen molar-refractivity contribution in [1.29, 1.82) is 0 Å². The van der Waals surface area contributed by atoms with Gasteiger partial charge in [0.05, 0.1) is 23.8 Å². The highest BCUT2D eigenvalue weighted by Gasteiger charge is 2.37. The fourth-order valence-corrected chi connectivity index (χ4v) is 3.98. The van der Waals surface area contributed by atoms with Gasteiger partial charge in [0.2, 0.25) is 0 Å². The van der Waals surface area contributed by atoms with Crippen molar-refractivity contribution in [3.63, 3.8) is 0 Å². The summed E-state index contributed by atoms with van der Waals surface area (Å²) in [4.78, 5) is 4.55. The van der Waals surface area contributed by atoms with Gasteiger partial charge in [0, 0.05) is 12.6 Å². The molecule has 1 aliphatic rings. The van der Waals surface area contributed by atoms with E-state index >= 15 is 0 Å². The highest BCUT2D eigenvalue weighted by molar-refractivity contribution is 5.40. The average Bonchev–Trinajstić information content (AvgIpc) is 2.76. The van der Waals surface area contributed by atoms with Crippen molar-refractivity contribution in [1.82, 2.24) is 4.98 Å². The van der Waals surface area contributed by atoms with E-state index in [1.165, 1.54) is 0 Å². The summed E-state index contributed by atoms with van der Waals surface area (Å²) < 4.78 is 11.7. The van der Waals surface area contributed by atoms with E-state index in [1.807, 2.05) is 79.7 Å². The maximum absolute atomic E-state index is 11.8. The van der Waals surface area contributed by atoms with Gasteiger partial charge in [-0.25, -0.2) is 0 Å². The molecule has 1 N–H and O–H groups in total. The molecular formula is C25H27NO3. The largest absolute Gasteiger partial charge is 0.465 e. The molecule has 4 rings (SSSR count). The Balaban J connectivity index is 1.68. The molecule has 0 spiro atoms. The van der Waals surface area contributed by atoms with Gasteiger partial charge in [-0.1, -0.05) is 48.5 Å². The lowest BCUT2D eigenvalue weighted by Gasteiger charge is -2.34. The molecule has 0 aliphatic carbocycles. The third kappa shape index (κ3) is 4.50. The summed E-state index contributed by atoms with van der Waals surface area (Å²) in [5.74, 6) is 0.397. The van der Waals surface area contributed by atoms with Gasteiger partial charge in [-0.05, 0) is 55.2 Å². The molecule has 0 bridgehead atoms. The maximum Gasteiger partial charge on any atom is 0.199 e. The molecule has 3 atom stereocenters. The normalized spacial score (nSPS) is 19.9. The van der Waals surface area contributed by atoms with Crippen LogP contribution in [0.2, 0.25) is 0 Å². The van der Waals surface area contributed by atoms with Crippen molar-refractivity contribution in [3.05, 3.63) is 95.8 Å². The van der Waals surface area contributed by atoms with Gasteiger partial charge in [-0.15, -0.1) is 0 Å². The third-order valence-corrected chi connectivity index (χ3v) is 5.50. The minimum Gasteiger partial charge on any atom is -0.465 e. The third-order valence-electron chi connectivity index (χ3n) is 5.50. The van der Waals surface area contributed by atoms with Gasteiger partial charge >= 0.3 is 0 Å². The Hall–Kier alpha value is -2.69. The molecule has 4 heteroatoms. The lowest BCUT2D eigenvalue weighted by Crippen LogP contribution is -2.32. The Kier molecular flexibility index (Phi) is 5.93. The molecule has 4 nitrogen and oxygen atoms in total. The summed E-state index contributed by atoms with van der Waals surface area (Å²) in [6.07, 6.45) is 4.63. The summed E-state index contributed by atoms with van der Waals surface area (Å²) in [5, 5.41) is 11.8. The highest BCUT2D eigenvalue weighted by Crippen LogP contribution is 2.41. The number of hydrogen-bond acceptors (Lipinski definition) is 4. The van der Waals surface area contributed by atoms with Crippen LogP contribution in [0.5, 0.6) is 5.75 Å². The molecule has 0 saturated carbocycles. The summed E-state index contributed by atoms with van der Waals surface area (Å²) in [6, 6.07) is 23.5. The molecular weight excluding hydrogens is 362 g/mol. The van der Waals surface area contributed by atoms with E-state index in [0.29, 0.717) is 5.75 Å². The Morgan fingerprint density at radius 3 is 2.59 bits per heavy atom. The monoisotopic (exact) mass is 389 g/mol. The summed E-state index contributed by atoms with van der Waals surface area (Å²) in [7, 11) is 0. The lowest BCUT2D eigenvalue weighted by molar-refractivity contribution is -0.106. The first kappa shape index (κ1) is 19.6. The topological polar surface area (TPSA) is 51.6 Å². The van der Waals surface area contributed by atoms with Crippen LogP contribution in [0, 0.1) is 0 Å². The Bertz CT molecular complexity index is 866. The van der Waals surface area contributed by atoms with Crippen LogP contribution < -0.4 is 4.74 Å². The molecule has 1 fully saturated rings. The molecule has 0 amide bonds. The second-order valence-electron chi connectivity index (χ2n) is 7.69. The van der Waals surface area contributed by atoms with E-state index in [9.17, 15) is 5.11 Å². The van der Waals surface area contributed by atoms with Gasteiger partial charge in [0.1, 0.15) is 5.75 Å². The summed E-state index contributed by atoms with van der Waals surface area (Å²) in [6.45, 7) is 2.58. The van der Waals surface area contributed by atoms with Gasteiger partial charge in [0.25, 0.3) is 0 Å². The SMILES string of the molecule is C[C@](O)(c1cccc(O[C@H]2CCCCO2)c1)[C@@H](c1ccccc1)c1ccccn1. The smallest absolute Gasteiger partial charge is 0.199 e. The predicted octanol–water partition coefficient (Wildman–Crippen LogP) is 5.03. The van der Waals surface area contributed by atoms with Gasteiger partial charge < -0.3 is 14.6 Å². The molecule has 2 heterocycles. The van der Waals surface area contributed by atoms with Crippen LogP contribution in [0.1, 0.15) is 48.9 Å². The standard InChI is InChI=1S/C25H27NO3/c1-25(27,20-12-9-13-21(18-20)29-23-15-6-8-17-28-23)24(19-10-3-2-4-11-19)22-14-5-7-16-26-22/h2-5,7,9-14,16,18,23-24,27H,6,8,15,17H2,1H3/t23-,24-,25-/m0/s1. The van der Waals surface area contributed by atoms with E-state index in [1.54, 1.807) is 6.20 Å². The van der Waals surface area contributed by atoms with Crippen LogP contribution in [-0.2, 0) is 10.3 Å². The van der Waals surface area contributed by atoms with Crippen LogP contribution >= 0.6 is 0 Å². The first-order valence-corrected chi connectivity index (χ1v) is 10.2. The molecule has 150 valence electrons. The molecule has 3 aromatic rings. The molecule has 0 radical (unpaired) electrons. The van der Waals surface area contributed by atoms with Crippen LogP contribution in [0.4, 0.5) is 0 Å². The van der Waals surface area contributed by atoms with E-state index in [0.717, 1.165) is 42.7 Å². The Morgan fingerprint density at radius 2 is 1.86 bits per heavy atom. The fraction of sp³-hybridized carbons (Fsp3) is 0.320. The van der Waals surface area contributed by atoms with Crippen molar-refractivity contribution < 1.29 is 14.6 Å². The number of rotatable bonds is 6. The van der Waals surface area contributed by atoms with Crippen LogP contribution in [0.25, 0.3) is 0 Å². The van der Waals surface area contributed by atoms with Crippen LogP contribution in [-0.4, -0.2) is 23.0 Å². The zero-order chi connectivity index (χ0) is 20.1. The first-order valence-electron chi connectivity index (χ1n) is 10.2. The van der Waals surface area contributed by atoms with Crippen molar-refractivity contribution in [3.8, 4) is 5.75 Å². The maximum atomic E-state index is 11.8. The number of pyridine rings is 1. The predicted molar refractivity (Wildman–Crippen MR) is 113 cm³/mol. The quantitative estimate of drug-likeness (QED) is 0.643. The first-order chi connectivity index (χ1) is 14.1. The highest BCUT2D eigenvalue weighted by atomic mass is 16.7. The van der Waals surface area contributed by atoms with Crippen LogP contribution in [0.15, 0.2) is 79.0 Å². The zero-order valence-electron chi connectivity index (χ0n) is 16.7. The number of benzene rings is 2. The van der Waals surface area contributed by atoms with Crippen molar-refractivity contribution in [2.75, 3.05) is 6.61 Å². The number of aliphatic hydroxyl groups is 1. The van der Waals surface area contributed by atoms with Crippen molar-refractivity contribution in [2.45, 2.75) is 44.0 Å². The minimum atomic E-state index is -1.18. The molecule has 0 unspecified atom stereocenters. The molecule has 1 aromatic heterocycles. The second-order valence-corrected chi connectivity index (χ2v) is 7.69. The molecule has 29 heavy (non-hydrogen) atoms. The number of hydrogen-bond donors (Lipinski definition) is 1. The van der Waals surface area contributed by atoms with Gasteiger partial charge in [-0.3, -0.25) is 4.98 Å². The fourth-order valence-electron chi connectivity index (χ4n) is 3.98. The average molecular weight is 389 g/mol. The Labute approximate surface area is 172 Å². The number of nitrogens with zero attached hydrogens (tertiary/aromatic N) is 1. The number of aromatic nitrogens is 1. The lowest BCUT2D eigenvalue weighted by atomic mass is 9.76. The van der Waals surface area contributed by atoms with Gasteiger partial charge in [0.15, 0.2) is 6.29 Å². The van der Waals surface area contributed by atoms with Crippen molar-refractivity contribution in [2.24, 2.45) is 0 Å². The molecule has 1 aliphatic heterocycles. The van der Waals surface area contributed by atoms with Gasteiger partial charge in [-0.2, -0.15) is 0 Å². The molecule has 2 aromatic carbocycles. The second kappa shape index (κ2) is 8.76.